The van der Waals surface area contributed by atoms with Gasteiger partial charge in [0.05, 0.1) is 5.25 Å². The van der Waals surface area contributed by atoms with E-state index in [1.807, 2.05) is 19.9 Å². The Labute approximate surface area is 159 Å². The van der Waals surface area contributed by atoms with Crippen molar-refractivity contribution in [3.05, 3.63) is 47.7 Å². The van der Waals surface area contributed by atoms with Gasteiger partial charge < -0.3 is 4.57 Å². The van der Waals surface area contributed by atoms with Crippen LogP contribution in [0.4, 0.5) is 4.79 Å². The van der Waals surface area contributed by atoms with Gasteiger partial charge in [0.2, 0.25) is 5.91 Å². The summed E-state index contributed by atoms with van der Waals surface area (Å²) < 4.78 is 2.29. The molecule has 0 radical (unpaired) electrons. The van der Waals surface area contributed by atoms with E-state index in [0.717, 1.165) is 23.9 Å². The first kappa shape index (κ1) is 18.8. The summed E-state index contributed by atoms with van der Waals surface area (Å²) in [7, 11) is 0. The lowest BCUT2D eigenvalue weighted by Gasteiger charge is -2.14. The summed E-state index contributed by atoms with van der Waals surface area (Å²) in [6.07, 6.45) is 10.1. The van der Waals surface area contributed by atoms with Crippen LogP contribution >= 0.6 is 11.8 Å². The van der Waals surface area contributed by atoms with Crippen LogP contribution in [0.25, 0.3) is 10.9 Å². The minimum atomic E-state index is -0.312. The number of fused-ring (bicyclic) bond motifs is 1. The summed E-state index contributed by atoms with van der Waals surface area (Å²) in [6, 6.07) is 8.37. The number of rotatable bonds is 4. The molecule has 2 aliphatic rings. The Bertz CT molecular complexity index is 838. The van der Waals surface area contributed by atoms with Crippen molar-refractivity contribution < 1.29 is 9.59 Å². The molecule has 1 unspecified atom stereocenters. The molecule has 0 saturated carbocycles. The second-order valence-corrected chi connectivity index (χ2v) is 7.66. The van der Waals surface area contributed by atoms with Gasteiger partial charge >= 0.3 is 0 Å². The Kier molecular flexibility index (Phi) is 6.20. The standard InChI is InChI=1S/C19H20N2O2S.C2H6/c22-18-17(24-19(23)20-18)11-14-7-4-8-16-15(14)9-10-21(16)12-13-5-2-1-3-6-13;1-2/h4-5,7-10,17H,1-3,6,11-12H2,(H,20,22,23);1-2H3. The molecule has 0 bridgehead atoms. The number of carbonyl (C=O) groups excluding carboxylic acids is 2. The normalized spacial score (nSPS) is 19.8. The second kappa shape index (κ2) is 8.58. The van der Waals surface area contributed by atoms with Crippen LogP contribution in [0.1, 0.15) is 45.1 Å². The van der Waals surface area contributed by atoms with E-state index >= 15 is 0 Å². The van der Waals surface area contributed by atoms with E-state index in [4.69, 9.17) is 0 Å². The summed E-state index contributed by atoms with van der Waals surface area (Å²) in [5, 5.41) is 3.00. The topological polar surface area (TPSA) is 51.1 Å². The van der Waals surface area contributed by atoms with Gasteiger partial charge in [-0.1, -0.05) is 49.4 Å². The van der Waals surface area contributed by atoms with Crippen LogP contribution in [0.2, 0.25) is 0 Å². The number of amides is 2. The van der Waals surface area contributed by atoms with Crippen molar-refractivity contribution >= 4 is 33.8 Å². The molecule has 1 aliphatic carbocycles. The molecule has 1 atom stereocenters. The summed E-state index contributed by atoms with van der Waals surface area (Å²) >= 11 is 1.10. The highest BCUT2D eigenvalue weighted by molar-refractivity contribution is 8.15. The number of imide groups is 1. The van der Waals surface area contributed by atoms with Crippen molar-refractivity contribution in [2.45, 2.75) is 57.7 Å². The molecule has 1 N–H and O–H groups in total. The Balaban J connectivity index is 0.000000948. The lowest BCUT2D eigenvalue weighted by molar-refractivity contribution is -0.118. The van der Waals surface area contributed by atoms with Crippen LogP contribution in [-0.2, 0) is 17.8 Å². The molecular formula is C21H26N2O2S. The minimum absolute atomic E-state index is 0.172. The van der Waals surface area contributed by atoms with Crippen molar-refractivity contribution in [2.24, 2.45) is 0 Å². The first-order valence-electron chi connectivity index (χ1n) is 9.47. The summed E-state index contributed by atoms with van der Waals surface area (Å²) in [5.74, 6) is -0.172. The SMILES string of the molecule is CC.O=C1NC(=O)C(Cc2cccc3c2ccn3CC2=CCCCC2)S1. The largest absolute Gasteiger partial charge is 0.343 e. The highest BCUT2D eigenvalue weighted by atomic mass is 32.2. The number of carbonyl (C=O) groups is 2. The average molecular weight is 371 g/mol. The molecule has 0 spiro atoms. The number of nitrogens with zero attached hydrogens (tertiary/aromatic N) is 1. The van der Waals surface area contributed by atoms with Crippen molar-refractivity contribution in [1.29, 1.82) is 0 Å². The number of nitrogens with one attached hydrogen (secondary N) is 1. The van der Waals surface area contributed by atoms with Crippen LogP contribution in [0.15, 0.2) is 42.1 Å². The number of hydrogen-bond donors (Lipinski definition) is 1. The van der Waals surface area contributed by atoms with E-state index in [0.29, 0.717) is 6.42 Å². The van der Waals surface area contributed by atoms with Crippen molar-refractivity contribution in [3.8, 4) is 0 Å². The van der Waals surface area contributed by atoms with Crippen LogP contribution in [0.3, 0.4) is 0 Å². The lowest BCUT2D eigenvalue weighted by Crippen LogP contribution is -2.25. The van der Waals surface area contributed by atoms with Gasteiger partial charge in [0.15, 0.2) is 0 Å². The Morgan fingerprint density at radius 2 is 2.04 bits per heavy atom. The van der Waals surface area contributed by atoms with E-state index in [1.54, 1.807) is 0 Å². The maximum absolute atomic E-state index is 11.8. The molecule has 1 saturated heterocycles. The Morgan fingerprint density at radius 1 is 1.19 bits per heavy atom. The number of allylic oxidation sites excluding steroid dienone is 2. The molecule has 2 amide bonds. The van der Waals surface area contributed by atoms with Crippen molar-refractivity contribution in [3.63, 3.8) is 0 Å². The molecule has 5 heteroatoms. The highest BCUT2D eigenvalue weighted by Crippen LogP contribution is 2.28. The first-order chi connectivity index (χ1) is 12.7. The third-order valence-corrected chi connectivity index (χ3v) is 5.82. The zero-order valence-corrected chi connectivity index (χ0v) is 16.3. The fraction of sp³-hybridized carbons (Fsp3) is 0.429. The average Bonchev–Trinajstić information content (AvgIpc) is 3.21. The van der Waals surface area contributed by atoms with Gasteiger partial charge in [0.1, 0.15) is 0 Å². The molecule has 2 aromatic rings. The van der Waals surface area contributed by atoms with E-state index < -0.39 is 0 Å². The van der Waals surface area contributed by atoms with E-state index in [2.05, 4.69) is 40.4 Å². The van der Waals surface area contributed by atoms with Crippen molar-refractivity contribution in [1.82, 2.24) is 9.88 Å². The molecule has 1 aromatic carbocycles. The fourth-order valence-electron chi connectivity index (χ4n) is 3.60. The maximum Gasteiger partial charge on any atom is 0.286 e. The number of benzene rings is 1. The quantitative estimate of drug-likeness (QED) is 0.765. The summed E-state index contributed by atoms with van der Waals surface area (Å²) in [5.41, 5.74) is 3.85. The summed E-state index contributed by atoms with van der Waals surface area (Å²) in [4.78, 5) is 23.2. The third-order valence-electron chi connectivity index (χ3n) is 4.83. The molecule has 1 fully saturated rings. The smallest absolute Gasteiger partial charge is 0.286 e. The number of thioether (sulfide) groups is 1. The number of aromatic nitrogens is 1. The van der Waals surface area contributed by atoms with Gasteiger partial charge in [-0.3, -0.25) is 14.9 Å². The predicted octanol–water partition coefficient (Wildman–Crippen LogP) is 5.06. The molecule has 1 aliphatic heterocycles. The molecule has 1 aromatic heterocycles. The predicted molar refractivity (Wildman–Crippen MR) is 108 cm³/mol. The second-order valence-electron chi connectivity index (χ2n) is 6.49. The van der Waals surface area contributed by atoms with Crippen LogP contribution in [0.5, 0.6) is 0 Å². The monoisotopic (exact) mass is 370 g/mol. The minimum Gasteiger partial charge on any atom is -0.343 e. The molecular weight excluding hydrogens is 344 g/mol. The van der Waals surface area contributed by atoms with E-state index in [9.17, 15) is 9.59 Å². The molecule has 26 heavy (non-hydrogen) atoms. The van der Waals surface area contributed by atoms with Crippen LogP contribution < -0.4 is 5.32 Å². The Hall–Kier alpha value is -2.01. The molecule has 138 valence electrons. The van der Waals surface area contributed by atoms with Gasteiger partial charge in [-0.2, -0.15) is 0 Å². The fourth-order valence-corrected chi connectivity index (χ4v) is 4.44. The number of hydrogen-bond acceptors (Lipinski definition) is 3. The van der Waals surface area contributed by atoms with Gasteiger partial charge in [0, 0.05) is 23.6 Å². The molecule has 4 rings (SSSR count). The lowest BCUT2D eigenvalue weighted by atomic mass is 9.99. The van der Waals surface area contributed by atoms with Gasteiger partial charge in [0.25, 0.3) is 5.24 Å². The Morgan fingerprint density at radius 3 is 2.73 bits per heavy atom. The van der Waals surface area contributed by atoms with E-state index in [1.165, 1.54) is 42.2 Å². The maximum atomic E-state index is 11.8. The first-order valence-corrected chi connectivity index (χ1v) is 10.3. The van der Waals surface area contributed by atoms with Gasteiger partial charge in [-0.15, -0.1) is 0 Å². The van der Waals surface area contributed by atoms with Gasteiger partial charge in [-0.25, -0.2) is 0 Å². The molecule has 4 nitrogen and oxygen atoms in total. The third kappa shape index (κ3) is 4.04. The molecule has 2 heterocycles. The van der Waals surface area contributed by atoms with Crippen LogP contribution in [-0.4, -0.2) is 21.0 Å². The van der Waals surface area contributed by atoms with Gasteiger partial charge in [-0.05, 0) is 49.8 Å². The highest BCUT2D eigenvalue weighted by Gasteiger charge is 2.31. The van der Waals surface area contributed by atoms with Crippen molar-refractivity contribution in [2.75, 3.05) is 0 Å². The zero-order chi connectivity index (χ0) is 18.5. The zero-order valence-electron chi connectivity index (χ0n) is 15.5. The van der Waals surface area contributed by atoms with Crippen LogP contribution in [0, 0.1) is 0 Å². The van der Waals surface area contributed by atoms with E-state index in [-0.39, 0.29) is 16.4 Å². The summed E-state index contributed by atoms with van der Waals surface area (Å²) in [6.45, 7) is 4.95.